The second kappa shape index (κ2) is 9.77. The summed E-state index contributed by atoms with van der Waals surface area (Å²) in [4.78, 5) is 50.4. The first kappa shape index (κ1) is 23.6. The van der Waals surface area contributed by atoms with Crippen molar-refractivity contribution >= 4 is 40.2 Å². The van der Waals surface area contributed by atoms with Crippen LogP contribution in [0.1, 0.15) is 17.5 Å². The molecular weight excluding hydrogens is 452 g/mol. The van der Waals surface area contributed by atoms with Crippen LogP contribution in [0.5, 0.6) is 0 Å². The van der Waals surface area contributed by atoms with Crippen LogP contribution in [0, 0.1) is 11.8 Å². The smallest absolute Gasteiger partial charge is 0.345 e. The van der Waals surface area contributed by atoms with Gasteiger partial charge in [-0.2, -0.15) is 0 Å². The Kier molecular flexibility index (Phi) is 6.60. The fourth-order valence-corrected chi connectivity index (χ4v) is 3.86. The lowest BCUT2D eigenvalue weighted by Gasteiger charge is -2.45. The van der Waals surface area contributed by atoms with Gasteiger partial charge < -0.3 is 10.4 Å². The number of carboxylic acids is 1. The van der Waals surface area contributed by atoms with Crippen LogP contribution in [-0.4, -0.2) is 50.8 Å². The number of carbonyl (C=O) groups is 3. The summed E-state index contributed by atoms with van der Waals surface area (Å²) in [6.45, 7) is 1.75. The average Bonchev–Trinajstić information content (AvgIpc) is 2.85. The molecule has 0 spiro atoms. The first-order valence-corrected chi connectivity index (χ1v) is 10.8. The van der Waals surface area contributed by atoms with E-state index >= 15 is 0 Å². The van der Waals surface area contributed by atoms with Crippen LogP contribution < -0.4 is 11.2 Å². The van der Waals surface area contributed by atoms with Gasteiger partial charge in [0.05, 0.1) is 13.0 Å². The van der Waals surface area contributed by atoms with Gasteiger partial charge >= 0.3 is 18.0 Å². The molecule has 1 saturated heterocycles. The third-order valence-corrected chi connectivity index (χ3v) is 5.73. The first-order chi connectivity index (χ1) is 16.8. The zero-order valence-corrected chi connectivity index (χ0v) is 18.9. The fraction of sp³-hybridized carbons (Fsp3) is 0.208. The van der Waals surface area contributed by atoms with E-state index in [0.717, 1.165) is 31.8 Å². The van der Waals surface area contributed by atoms with Crippen molar-refractivity contribution in [3.63, 3.8) is 0 Å². The van der Waals surface area contributed by atoms with Gasteiger partial charge in [-0.25, -0.2) is 25.3 Å². The van der Waals surface area contributed by atoms with E-state index in [2.05, 4.69) is 10.5 Å². The number of fused-ring (bicyclic) bond motifs is 1. The average molecular weight is 476 g/mol. The number of nitrogens with two attached hydrogens (primary N) is 1. The van der Waals surface area contributed by atoms with E-state index in [4.69, 9.17) is 10.9 Å². The molecule has 11 nitrogen and oxygen atoms in total. The Balaban J connectivity index is 1.67. The topological polar surface area (TPSA) is 149 Å². The van der Waals surface area contributed by atoms with Crippen LogP contribution >= 0.6 is 0 Å². The van der Waals surface area contributed by atoms with Crippen molar-refractivity contribution < 1.29 is 19.5 Å². The highest BCUT2D eigenvalue weighted by Crippen LogP contribution is 2.27. The number of urea groups is 2. The number of benzene rings is 3. The molecule has 11 heteroatoms. The molecule has 4 amide bonds. The molecule has 3 aromatic carbocycles. The van der Waals surface area contributed by atoms with E-state index in [1.165, 1.54) is 4.90 Å². The Morgan fingerprint density at radius 1 is 1.03 bits per heavy atom. The van der Waals surface area contributed by atoms with E-state index < -0.39 is 30.7 Å². The third kappa shape index (κ3) is 5.04. The standard InChI is InChI=1S/C24H24N6O5/c1-15-2-4-16(5-3-15)14-29-22(30(25)24(34)28(23(29)33)11-10-21(31)32)26-19-8-6-17-7-9-20(27-35)13-18(17)12-19/h2-9,12-13,22,26H,10-11,14,25H2,1H3,(H,31,32). The summed E-state index contributed by atoms with van der Waals surface area (Å²) in [6, 6.07) is 16.4. The largest absolute Gasteiger partial charge is 0.481 e. The van der Waals surface area contributed by atoms with Crippen molar-refractivity contribution in [2.75, 3.05) is 11.9 Å². The summed E-state index contributed by atoms with van der Waals surface area (Å²) in [6.07, 6.45) is -1.46. The van der Waals surface area contributed by atoms with E-state index in [0.29, 0.717) is 5.69 Å². The van der Waals surface area contributed by atoms with Crippen LogP contribution in [0.2, 0.25) is 0 Å². The quantitative estimate of drug-likeness (QED) is 0.253. The molecule has 1 aliphatic rings. The Morgan fingerprint density at radius 3 is 2.43 bits per heavy atom. The number of aryl methyl sites for hydroxylation is 1. The summed E-state index contributed by atoms with van der Waals surface area (Å²) in [7, 11) is 0. The molecule has 4 N–H and O–H groups in total. The van der Waals surface area contributed by atoms with Crippen molar-refractivity contribution in [3.8, 4) is 0 Å². The zero-order valence-electron chi connectivity index (χ0n) is 18.9. The highest BCUT2D eigenvalue weighted by Gasteiger charge is 2.43. The number of aliphatic carboxylic acids is 1. The predicted molar refractivity (Wildman–Crippen MR) is 129 cm³/mol. The maximum absolute atomic E-state index is 13.3. The lowest BCUT2D eigenvalue weighted by molar-refractivity contribution is -0.137. The molecule has 0 aliphatic carbocycles. The number of amides is 4. The first-order valence-electron chi connectivity index (χ1n) is 10.8. The van der Waals surface area contributed by atoms with Gasteiger partial charge in [0.25, 0.3) is 0 Å². The number of nitrogens with one attached hydrogen (secondary N) is 1. The number of hydrogen-bond donors (Lipinski definition) is 3. The number of anilines is 1. The summed E-state index contributed by atoms with van der Waals surface area (Å²) in [5.74, 6) is 5.00. The van der Waals surface area contributed by atoms with Gasteiger partial charge in [0.15, 0.2) is 0 Å². The Bertz CT molecular complexity index is 1300. The lowest BCUT2D eigenvalue weighted by atomic mass is 10.1. The van der Waals surface area contributed by atoms with Gasteiger partial charge in [0, 0.05) is 12.2 Å². The predicted octanol–water partition coefficient (Wildman–Crippen LogP) is 3.95. The van der Waals surface area contributed by atoms with Crippen LogP contribution in [0.25, 0.3) is 10.8 Å². The summed E-state index contributed by atoms with van der Waals surface area (Å²) < 4.78 is 0. The number of hydrogen-bond acceptors (Lipinski definition) is 7. The van der Waals surface area contributed by atoms with Crippen molar-refractivity contribution in [2.45, 2.75) is 26.2 Å². The number of nitrogens with zero attached hydrogens (tertiary/aromatic N) is 4. The minimum absolute atomic E-state index is 0.119. The molecule has 0 aromatic heterocycles. The summed E-state index contributed by atoms with van der Waals surface area (Å²) in [5.41, 5.74) is 2.67. The summed E-state index contributed by atoms with van der Waals surface area (Å²) in [5, 5.41) is 17.6. The van der Waals surface area contributed by atoms with Gasteiger partial charge in [-0.3, -0.25) is 9.69 Å². The van der Waals surface area contributed by atoms with Crippen molar-refractivity contribution in [1.82, 2.24) is 14.8 Å². The minimum atomic E-state index is -1.14. The Morgan fingerprint density at radius 2 is 1.74 bits per heavy atom. The molecule has 180 valence electrons. The molecule has 1 aliphatic heterocycles. The molecule has 35 heavy (non-hydrogen) atoms. The highest BCUT2D eigenvalue weighted by molar-refractivity contribution is 5.96. The van der Waals surface area contributed by atoms with Crippen molar-refractivity contribution in [1.29, 1.82) is 0 Å². The second-order valence-corrected chi connectivity index (χ2v) is 8.24. The van der Waals surface area contributed by atoms with Crippen LogP contribution in [0.15, 0.2) is 65.8 Å². The van der Waals surface area contributed by atoms with E-state index in [1.54, 1.807) is 30.3 Å². The number of carbonyl (C=O) groups excluding carboxylic acids is 2. The van der Waals surface area contributed by atoms with Gasteiger partial charge in [0.1, 0.15) is 5.69 Å². The highest BCUT2D eigenvalue weighted by atomic mass is 16.4. The molecule has 0 bridgehead atoms. The molecule has 1 atom stereocenters. The molecule has 0 saturated carbocycles. The maximum atomic E-state index is 13.3. The molecule has 3 aromatic rings. The molecular formula is C24H24N6O5. The van der Waals surface area contributed by atoms with Crippen LogP contribution in [-0.2, 0) is 11.3 Å². The number of hydrazine groups is 1. The van der Waals surface area contributed by atoms with E-state index in [1.807, 2.05) is 37.3 Å². The third-order valence-electron chi connectivity index (χ3n) is 5.73. The van der Waals surface area contributed by atoms with Gasteiger partial charge in [-0.05, 0) is 52.7 Å². The van der Waals surface area contributed by atoms with Gasteiger partial charge in [0.2, 0.25) is 6.29 Å². The maximum Gasteiger partial charge on any atom is 0.345 e. The lowest BCUT2D eigenvalue weighted by Crippen LogP contribution is -2.70. The minimum Gasteiger partial charge on any atom is -0.481 e. The molecule has 1 fully saturated rings. The number of carboxylic acid groups (broad SMARTS) is 1. The number of nitroso groups, excluding NO2 is 1. The van der Waals surface area contributed by atoms with Crippen molar-refractivity contribution in [2.24, 2.45) is 11.0 Å². The van der Waals surface area contributed by atoms with Crippen LogP contribution in [0.4, 0.5) is 21.0 Å². The van der Waals surface area contributed by atoms with Crippen LogP contribution in [0.3, 0.4) is 0 Å². The SMILES string of the molecule is Cc1ccc(CN2C(=O)N(CCC(=O)O)C(=O)N(N)C2Nc2ccc3ccc(N=O)cc3c2)cc1. The molecule has 1 heterocycles. The number of imide groups is 1. The molecule has 0 radical (unpaired) electrons. The number of rotatable bonds is 8. The summed E-state index contributed by atoms with van der Waals surface area (Å²) >= 11 is 0. The zero-order chi connectivity index (χ0) is 25.1. The van der Waals surface area contributed by atoms with E-state index in [-0.39, 0.29) is 18.8 Å². The monoisotopic (exact) mass is 476 g/mol. The molecule has 1 unspecified atom stereocenters. The fourth-order valence-electron chi connectivity index (χ4n) is 3.86. The Hall–Kier alpha value is -4.51. The second-order valence-electron chi connectivity index (χ2n) is 8.24. The van der Waals surface area contributed by atoms with E-state index in [9.17, 15) is 19.3 Å². The Labute approximate surface area is 200 Å². The van der Waals surface area contributed by atoms with Crippen molar-refractivity contribution in [3.05, 3.63) is 76.7 Å². The normalized spacial score (nSPS) is 16.1. The van der Waals surface area contributed by atoms with Gasteiger partial charge in [-0.15, -0.1) is 4.91 Å². The van der Waals surface area contributed by atoms with Gasteiger partial charge in [-0.1, -0.05) is 42.0 Å². The molecule has 4 rings (SSSR count).